The second-order valence-electron chi connectivity index (χ2n) is 7.24. The molecule has 0 bridgehead atoms. The van der Waals surface area contributed by atoms with Crippen molar-refractivity contribution in [1.29, 1.82) is 0 Å². The Balaban J connectivity index is 1.29. The van der Waals surface area contributed by atoms with Crippen LogP contribution < -0.4 is 10.3 Å². The van der Waals surface area contributed by atoms with Crippen LogP contribution in [0, 0.1) is 6.92 Å². The van der Waals surface area contributed by atoms with Crippen molar-refractivity contribution in [3.05, 3.63) is 56.4 Å². The zero-order chi connectivity index (χ0) is 20.2. The third-order valence-electron chi connectivity index (χ3n) is 5.14. The lowest BCUT2D eigenvalue weighted by Gasteiger charge is -2.09. The van der Waals surface area contributed by atoms with Gasteiger partial charge in [0.2, 0.25) is 0 Å². The van der Waals surface area contributed by atoms with E-state index < -0.39 is 0 Å². The second-order valence-corrected chi connectivity index (χ2v) is 8.32. The molecular weight excluding hydrogens is 388 g/mol. The molecule has 0 unspecified atom stereocenters. The van der Waals surface area contributed by atoms with Gasteiger partial charge in [-0.2, -0.15) is 0 Å². The first-order valence-electron chi connectivity index (χ1n) is 9.99. The van der Waals surface area contributed by atoms with E-state index in [4.69, 9.17) is 9.47 Å². The number of carbonyl (C=O) groups excluding carboxylic acids is 1. The highest BCUT2D eigenvalue weighted by atomic mass is 32.1. The normalized spacial score (nSPS) is 13.3. The van der Waals surface area contributed by atoms with Crippen LogP contribution in [-0.2, 0) is 28.8 Å². The summed E-state index contributed by atoms with van der Waals surface area (Å²) in [5, 5.41) is 0.740. The number of H-pyrrole nitrogens is 1. The molecule has 29 heavy (non-hydrogen) atoms. The Kier molecular flexibility index (Phi) is 5.94. The summed E-state index contributed by atoms with van der Waals surface area (Å²) in [4.78, 5) is 34.0. The molecule has 0 fully saturated rings. The maximum absolute atomic E-state index is 12.5. The summed E-state index contributed by atoms with van der Waals surface area (Å²) >= 11 is 1.61. The molecule has 1 aliphatic carbocycles. The quantitative estimate of drug-likeness (QED) is 0.472. The summed E-state index contributed by atoms with van der Waals surface area (Å²) in [6, 6.07) is 7.71. The van der Waals surface area contributed by atoms with E-state index in [9.17, 15) is 9.59 Å². The highest BCUT2D eigenvalue weighted by Crippen LogP contribution is 2.33. The Bertz CT molecular complexity index is 1090. The van der Waals surface area contributed by atoms with Crippen LogP contribution in [0.3, 0.4) is 0 Å². The SMILES string of the molecule is Cc1ccccc1OCCOC(=O)CCc1nc2sc3c(c2c(=O)[nH]1)CCCC3. The molecular formula is C22H24N2O4S. The smallest absolute Gasteiger partial charge is 0.306 e. The molecule has 0 aliphatic heterocycles. The van der Waals surface area contributed by atoms with Crippen LogP contribution in [-0.4, -0.2) is 29.2 Å². The van der Waals surface area contributed by atoms with Crippen LogP contribution in [0.25, 0.3) is 10.2 Å². The number of esters is 1. The van der Waals surface area contributed by atoms with E-state index in [1.54, 1.807) is 11.3 Å². The number of para-hydroxylation sites is 1. The predicted molar refractivity (Wildman–Crippen MR) is 113 cm³/mol. The molecule has 0 saturated heterocycles. The van der Waals surface area contributed by atoms with Gasteiger partial charge in [0.15, 0.2) is 0 Å². The minimum atomic E-state index is -0.327. The lowest BCUT2D eigenvalue weighted by atomic mass is 9.97. The Labute approximate surface area is 172 Å². The van der Waals surface area contributed by atoms with Crippen molar-refractivity contribution in [2.75, 3.05) is 13.2 Å². The van der Waals surface area contributed by atoms with Crippen molar-refractivity contribution >= 4 is 27.5 Å². The third kappa shape index (κ3) is 4.50. The van der Waals surface area contributed by atoms with E-state index in [1.807, 2.05) is 31.2 Å². The molecule has 152 valence electrons. The highest BCUT2D eigenvalue weighted by molar-refractivity contribution is 7.18. The van der Waals surface area contributed by atoms with E-state index in [0.29, 0.717) is 18.9 Å². The molecule has 2 heterocycles. The number of hydrogen-bond acceptors (Lipinski definition) is 6. The zero-order valence-electron chi connectivity index (χ0n) is 16.5. The predicted octanol–water partition coefficient (Wildman–Crippen LogP) is 3.73. The molecule has 1 aromatic carbocycles. The number of aromatic amines is 1. The Hall–Kier alpha value is -2.67. The van der Waals surface area contributed by atoms with E-state index in [2.05, 4.69) is 9.97 Å². The number of fused-ring (bicyclic) bond motifs is 3. The number of aromatic nitrogens is 2. The zero-order valence-corrected chi connectivity index (χ0v) is 17.3. The van der Waals surface area contributed by atoms with Crippen LogP contribution in [0.4, 0.5) is 0 Å². The van der Waals surface area contributed by atoms with Gasteiger partial charge in [0.05, 0.1) is 11.8 Å². The van der Waals surface area contributed by atoms with Crippen LogP contribution >= 0.6 is 11.3 Å². The van der Waals surface area contributed by atoms with Crippen molar-refractivity contribution in [2.24, 2.45) is 0 Å². The summed E-state index contributed by atoms with van der Waals surface area (Å²) in [7, 11) is 0. The van der Waals surface area contributed by atoms with Crippen molar-refractivity contribution in [2.45, 2.75) is 45.4 Å². The number of aryl methyl sites for hydroxylation is 4. The lowest BCUT2D eigenvalue weighted by Crippen LogP contribution is -2.16. The van der Waals surface area contributed by atoms with Crippen molar-refractivity contribution in [3.63, 3.8) is 0 Å². The fourth-order valence-electron chi connectivity index (χ4n) is 3.64. The average molecular weight is 413 g/mol. The first-order chi connectivity index (χ1) is 14.1. The van der Waals surface area contributed by atoms with Gasteiger partial charge in [-0.3, -0.25) is 9.59 Å². The monoisotopic (exact) mass is 412 g/mol. The molecule has 7 heteroatoms. The molecule has 2 aromatic heterocycles. The van der Waals surface area contributed by atoms with E-state index in [-0.39, 0.29) is 24.6 Å². The summed E-state index contributed by atoms with van der Waals surface area (Å²) in [6.45, 7) is 2.46. The van der Waals surface area contributed by atoms with E-state index in [1.165, 1.54) is 16.9 Å². The van der Waals surface area contributed by atoms with Gasteiger partial charge in [-0.05, 0) is 49.8 Å². The Morgan fingerprint density at radius 3 is 2.90 bits per heavy atom. The van der Waals surface area contributed by atoms with Crippen molar-refractivity contribution in [1.82, 2.24) is 9.97 Å². The van der Waals surface area contributed by atoms with Crippen molar-refractivity contribution < 1.29 is 14.3 Å². The maximum atomic E-state index is 12.5. The van der Waals surface area contributed by atoms with Gasteiger partial charge in [0, 0.05) is 11.3 Å². The summed E-state index contributed by atoms with van der Waals surface area (Å²) in [6.07, 6.45) is 4.80. The number of hydrogen-bond donors (Lipinski definition) is 1. The molecule has 0 saturated carbocycles. The summed E-state index contributed by atoms with van der Waals surface area (Å²) in [5.41, 5.74) is 2.12. The van der Waals surface area contributed by atoms with Crippen LogP contribution in [0.5, 0.6) is 5.75 Å². The minimum Gasteiger partial charge on any atom is -0.490 e. The first kappa shape index (κ1) is 19.6. The van der Waals surface area contributed by atoms with Gasteiger partial charge >= 0.3 is 5.97 Å². The van der Waals surface area contributed by atoms with Gasteiger partial charge in [-0.25, -0.2) is 4.98 Å². The van der Waals surface area contributed by atoms with Gasteiger partial charge in [-0.1, -0.05) is 18.2 Å². The average Bonchev–Trinajstić information content (AvgIpc) is 3.10. The van der Waals surface area contributed by atoms with Crippen LogP contribution in [0.15, 0.2) is 29.1 Å². The Morgan fingerprint density at radius 1 is 1.21 bits per heavy atom. The largest absolute Gasteiger partial charge is 0.490 e. The van der Waals surface area contributed by atoms with E-state index >= 15 is 0 Å². The fraction of sp³-hybridized carbons (Fsp3) is 0.409. The number of benzene rings is 1. The molecule has 0 spiro atoms. The minimum absolute atomic E-state index is 0.0931. The van der Waals surface area contributed by atoms with Gasteiger partial charge in [0.25, 0.3) is 5.56 Å². The number of nitrogens with one attached hydrogen (secondary N) is 1. The number of thiophene rings is 1. The maximum Gasteiger partial charge on any atom is 0.306 e. The lowest BCUT2D eigenvalue weighted by molar-refractivity contribution is -0.144. The van der Waals surface area contributed by atoms with Gasteiger partial charge < -0.3 is 14.5 Å². The molecule has 4 rings (SSSR count). The topological polar surface area (TPSA) is 81.3 Å². The number of rotatable bonds is 7. The molecule has 0 amide bonds. The molecule has 0 atom stereocenters. The van der Waals surface area contributed by atoms with Crippen molar-refractivity contribution in [3.8, 4) is 5.75 Å². The number of nitrogens with zero attached hydrogens (tertiary/aromatic N) is 1. The van der Waals surface area contributed by atoms with Crippen LogP contribution in [0.2, 0.25) is 0 Å². The summed E-state index contributed by atoms with van der Waals surface area (Å²) in [5.74, 6) is 0.998. The van der Waals surface area contributed by atoms with Crippen LogP contribution in [0.1, 0.15) is 41.1 Å². The molecule has 1 aliphatic rings. The third-order valence-corrected chi connectivity index (χ3v) is 6.32. The van der Waals surface area contributed by atoms with Gasteiger partial charge in [-0.15, -0.1) is 11.3 Å². The first-order valence-corrected chi connectivity index (χ1v) is 10.8. The summed E-state index contributed by atoms with van der Waals surface area (Å²) < 4.78 is 10.8. The Morgan fingerprint density at radius 2 is 2.03 bits per heavy atom. The molecule has 0 radical (unpaired) electrons. The molecule has 6 nitrogen and oxygen atoms in total. The fourth-order valence-corrected chi connectivity index (χ4v) is 4.93. The van der Waals surface area contributed by atoms with E-state index in [0.717, 1.165) is 40.8 Å². The van der Waals surface area contributed by atoms with Gasteiger partial charge in [0.1, 0.15) is 29.6 Å². The number of carbonyl (C=O) groups is 1. The molecule has 3 aromatic rings. The molecule has 1 N–H and O–H groups in total. The number of ether oxygens (including phenoxy) is 2. The second kappa shape index (κ2) is 8.78. The standard InChI is InChI=1S/C22H24N2O4S/c1-14-6-2-4-8-16(14)27-12-13-28-19(25)11-10-18-23-21(26)20-15-7-3-5-9-17(15)29-22(20)24-18/h2,4,6,8H,3,5,7,9-13H2,1H3,(H,23,24,26). The highest BCUT2D eigenvalue weighted by Gasteiger charge is 2.20.